The molecule has 0 amide bonds. The highest BCUT2D eigenvalue weighted by Gasteiger charge is 2.15. The highest BCUT2D eigenvalue weighted by molar-refractivity contribution is 7.99. The Hall–Kier alpha value is -1.27. The molecule has 15 heavy (non-hydrogen) atoms. The van der Waals surface area contributed by atoms with Crippen LogP contribution in [0.3, 0.4) is 0 Å². The van der Waals surface area contributed by atoms with Gasteiger partial charge in [0, 0.05) is 25.4 Å². The first-order chi connectivity index (χ1) is 7.29. The molecule has 0 aliphatic carbocycles. The molecule has 2 N–H and O–H groups in total. The van der Waals surface area contributed by atoms with Crippen LogP contribution < -0.4 is 5.73 Å². The van der Waals surface area contributed by atoms with E-state index in [1.807, 2.05) is 19.4 Å². The fraction of sp³-hybridized carbons (Fsp3) is 0.333. The van der Waals surface area contributed by atoms with Crippen LogP contribution in [0, 0.1) is 0 Å². The lowest BCUT2D eigenvalue weighted by atomic mass is 10.2. The van der Waals surface area contributed by atoms with Crippen LogP contribution in [0.5, 0.6) is 0 Å². The second kappa shape index (κ2) is 4.50. The molecule has 0 bridgehead atoms. The number of rotatable bonds is 4. The Morgan fingerprint density at radius 2 is 2.53 bits per heavy atom. The van der Waals surface area contributed by atoms with Gasteiger partial charge in [0.2, 0.25) is 0 Å². The van der Waals surface area contributed by atoms with Crippen molar-refractivity contribution in [2.75, 3.05) is 6.54 Å². The van der Waals surface area contributed by atoms with Crippen LogP contribution in [0.2, 0.25) is 0 Å². The Labute approximate surface area is 91.7 Å². The molecular weight excluding hydrogens is 212 g/mol. The van der Waals surface area contributed by atoms with Gasteiger partial charge in [-0.1, -0.05) is 11.8 Å². The highest BCUT2D eigenvalue weighted by Crippen LogP contribution is 2.32. The van der Waals surface area contributed by atoms with Crippen molar-refractivity contribution in [2.45, 2.75) is 10.5 Å². The Morgan fingerprint density at radius 3 is 3.07 bits per heavy atom. The number of hydrogen-bond donors (Lipinski definition) is 1. The van der Waals surface area contributed by atoms with Crippen molar-refractivity contribution in [1.29, 1.82) is 0 Å². The molecular formula is C9H12N4OS. The number of aryl methyl sites for hydroxylation is 1. The van der Waals surface area contributed by atoms with E-state index >= 15 is 0 Å². The zero-order valence-electron chi connectivity index (χ0n) is 8.33. The molecule has 0 saturated carbocycles. The van der Waals surface area contributed by atoms with Gasteiger partial charge in [-0.15, -0.1) is 0 Å². The summed E-state index contributed by atoms with van der Waals surface area (Å²) in [7, 11) is 1.88. The molecule has 0 aromatic carbocycles. The first kappa shape index (κ1) is 10.3. The summed E-state index contributed by atoms with van der Waals surface area (Å²) in [5.74, 6) is 0. The molecule has 0 aliphatic rings. The van der Waals surface area contributed by atoms with Crippen molar-refractivity contribution in [3.63, 3.8) is 0 Å². The van der Waals surface area contributed by atoms with Crippen molar-refractivity contribution in [3.8, 4) is 0 Å². The third-order valence-corrected chi connectivity index (χ3v) is 3.12. The number of hydrogen-bond acceptors (Lipinski definition) is 5. The van der Waals surface area contributed by atoms with Gasteiger partial charge in [-0.2, -0.15) is 5.10 Å². The van der Waals surface area contributed by atoms with Crippen LogP contribution in [0.1, 0.15) is 10.8 Å². The van der Waals surface area contributed by atoms with Crippen LogP contribution in [0.4, 0.5) is 0 Å². The van der Waals surface area contributed by atoms with E-state index in [-0.39, 0.29) is 5.25 Å². The number of nitrogens with zero attached hydrogens (tertiary/aromatic N) is 3. The number of aromatic nitrogens is 3. The molecule has 80 valence electrons. The molecule has 0 spiro atoms. The maximum absolute atomic E-state index is 5.70. The molecule has 0 fully saturated rings. The minimum Gasteiger partial charge on any atom is -0.440 e. The Bertz CT molecular complexity index is 411. The van der Waals surface area contributed by atoms with Crippen molar-refractivity contribution in [3.05, 3.63) is 30.4 Å². The SMILES string of the molecule is Cn1cc(C(CN)Sc2ncco2)cn1. The van der Waals surface area contributed by atoms with Crippen LogP contribution in [0.25, 0.3) is 0 Å². The van der Waals surface area contributed by atoms with Gasteiger partial charge in [-0.3, -0.25) is 4.68 Å². The van der Waals surface area contributed by atoms with E-state index in [0.717, 1.165) is 5.56 Å². The molecule has 2 aromatic heterocycles. The van der Waals surface area contributed by atoms with Crippen LogP contribution in [-0.4, -0.2) is 21.3 Å². The Kier molecular flexibility index (Phi) is 3.08. The molecule has 5 nitrogen and oxygen atoms in total. The lowest BCUT2D eigenvalue weighted by Gasteiger charge is -2.08. The molecule has 2 rings (SSSR count). The molecule has 2 aromatic rings. The lowest BCUT2D eigenvalue weighted by molar-refractivity contribution is 0.453. The topological polar surface area (TPSA) is 69.9 Å². The van der Waals surface area contributed by atoms with Crippen LogP contribution in [-0.2, 0) is 7.05 Å². The zero-order valence-corrected chi connectivity index (χ0v) is 9.15. The second-order valence-electron chi connectivity index (χ2n) is 3.09. The zero-order chi connectivity index (χ0) is 10.7. The molecule has 0 radical (unpaired) electrons. The first-order valence-corrected chi connectivity index (χ1v) is 5.42. The van der Waals surface area contributed by atoms with Gasteiger partial charge in [0.15, 0.2) is 0 Å². The van der Waals surface area contributed by atoms with Crippen molar-refractivity contribution in [2.24, 2.45) is 12.8 Å². The van der Waals surface area contributed by atoms with Gasteiger partial charge in [0.25, 0.3) is 5.22 Å². The third kappa shape index (κ3) is 2.40. The fourth-order valence-corrected chi connectivity index (χ4v) is 2.08. The van der Waals surface area contributed by atoms with Crippen molar-refractivity contribution in [1.82, 2.24) is 14.8 Å². The second-order valence-corrected chi connectivity index (χ2v) is 4.24. The van der Waals surface area contributed by atoms with E-state index in [4.69, 9.17) is 10.2 Å². The summed E-state index contributed by atoms with van der Waals surface area (Å²) in [5.41, 5.74) is 6.79. The standard InChI is InChI=1S/C9H12N4OS/c1-13-6-7(5-12-13)8(4-10)15-9-11-2-3-14-9/h2-3,5-6,8H,4,10H2,1H3. The summed E-state index contributed by atoms with van der Waals surface area (Å²) in [6.07, 6.45) is 6.94. The summed E-state index contributed by atoms with van der Waals surface area (Å²) >= 11 is 1.51. The minimum atomic E-state index is 0.136. The quantitative estimate of drug-likeness (QED) is 0.790. The predicted molar refractivity (Wildman–Crippen MR) is 57.4 cm³/mol. The number of oxazole rings is 1. The monoisotopic (exact) mass is 224 g/mol. The van der Waals surface area contributed by atoms with E-state index in [0.29, 0.717) is 11.8 Å². The van der Waals surface area contributed by atoms with E-state index in [9.17, 15) is 0 Å². The summed E-state index contributed by atoms with van der Waals surface area (Å²) in [5, 5.41) is 4.88. The largest absolute Gasteiger partial charge is 0.440 e. The first-order valence-electron chi connectivity index (χ1n) is 4.54. The number of nitrogens with two attached hydrogens (primary N) is 1. The van der Waals surface area contributed by atoms with Crippen LogP contribution in [0.15, 0.2) is 34.5 Å². The van der Waals surface area contributed by atoms with Gasteiger partial charge in [0.1, 0.15) is 6.26 Å². The maximum Gasteiger partial charge on any atom is 0.256 e. The summed E-state index contributed by atoms with van der Waals surface area (Å²) in [6, 6.07) is 0. The normalized spacial score (nSPS) is 12.9. The maximum atomic E-state index is 5.70. The minimum absolute atomic E-state index is 0.136. The molecule has 1 atom stereocenters. The highest BCUT2D eigenvalue weighted by atomic mass is 32.2. The van der Waals surface area contributed by atoms with Gasteiger partial charge in [-0.25, -0.2) is 4.98 Å². The average Bonchev–Trinajstić information content (AvgIpc) is 2.85. The van der Waals surface area contributed by atoms with Crippen molar-refractivity contribution < 1.29 is 4.42 Å². The van der Waals surface area contributed by atoms with E-state index in [1.54, 1.807) is 17.1 Å². The summed E-state index contributed by atoms with van der Waals surface area (Å²) < 4.78 is 6.92. The molecule has 1 unspecified atom stereocenters. The lowest BCUT2D eigenvalue weighted by Crippen LogP contribution is -2.08. The van der Waals surface area contributed by atoms with Crippen LogP contribution >= 0.6 is 11.8 Å². The Balaban J connectivity index is 2.11. The van der Waals surface area contributed by atoms with Gasteiger partial charge >= 0.3 is 0 Å². The van der Waals surface area contributed by atoms with Gasteiger partial charge in [-0.05, 0) is 0 Å². The Morgan fingerprint density at radius 1 is 1.67 bits per heavy atom. The number of thioether (sulfide) groups is 1. The molecule has 6 heteroatoms. The molecule has 0 saturated heterocycles. The third-order valence-electron chi connectivity index (χ3n) is 1.96. The van der Waals surface area contributed by atoms with Gasteiger partial charge < -0.3 is 10.2 Å². The van der Waals surface area contributed by atoms with Gasteiger partial charge in [0.05, 0.1) is 17.6 Å². The van der Waals surface area contributed by atoms with E-state index in [1.165, 1.54) is 11.8 Å². The van der Waals surface area contributed by atoms with Crippen molar-refractivity contribution >= 4 is 11.8 Å². The molecule has 2 heterocycles. The molecule has 0 aliphatic heterocycles. The predicted octanol–water partition coefficient (Wildman–Crippen LogP) is 1.20. The summed E-state index contributed by atoms with van der Waals surface area (Å²) in [4.78, 5) is 4.05. The fourth-order valence-electron chi connectivity index (χ4n) is 1.25. The average molecular weight is 224 g/mol. The van der Waals surface area contributed by atoms with E-state index < -0.39 is 0 Å². The van der Waals surface area contributed by atoms with E-state index in [2.05, 4.69) is 10.1 Å². The smallest absolute Gasteiger partial charge is 0.256 e. The summed E-state index contributed by atoms with van der Waals surface area (Å²) in [6.45, 7) is 0.527.